The summed E-state index contributed by atoms with van der Waals surface area (Å²) >= 11 is 0. The minimum Gasteiger partial charge on any atom is -0.452 e. The number of hydrogen-bond donors (Lipinski definition) is 0. The number of hydrogen-bond acceptors (Lipinski definition) is 5. The summed E-state index contributed by atoms with van der Waals surface area (Å²) in [4.78, 5) is 0. The summed E-state index contributed by atoms with van der Waals surface area (Å²) < 4.78 is 190. The lowest BCUT2D eigenvalue weighted by Crippen LogP contribution is -2.59. The second kappa shape index (κ2) is 7.48. The van der Waals surface area contributed by atoms with E-state index in [1.54, 1.807) is 0 Å². The van der Waals surface area contributed by atoms with E-state index in [4.69, 9.17) is 0 Å². The van der Waals surface area contributed by atoms with Gasteiger partial charge in [0.1, 0.15) is 0 Å². The van der Waals surface area contributed by atoms with Gasteiger partial charge in [0.15, 0.2) is 6.61 Å². The summed E-state index contributed by atoms with van der Waals surface area (Å²) in [7, 11) is 0. The van der Waals surface area contributed by atoms with Crippen molar-refractivity contribution in [3.8, 4) is 0 Å². The molecule has 1 saturated heterocycles. The van der Waals surface area contributed by atoms with Gasteiger partial charge in [-0.1, -0.05) is 0 Å². The summed E-state index contributed by atoms with van der Waals surface area (Å²) in [5.41, 5.74) is 0. The van der Waals surface area contributed by atoms with Crippen LogP contribution >= 0.6 is 0 Å². The molecule has 5 nitrogen and oxygen atoms in total. The molecule has 1 aliphatic heterocycles. The topological polar surface area (TPSA) is 46.2 Å². The molecule has 1 fully saturated rings. The molecule has 0 aromatic carbocycles. The van der Waals surface area contributed by atoms with Crippen LogP contribution in [-0.2, 0) is 23.7 Å². The number of alkyl halides is 10. The summed E-state index contributed by atoms with van der Waals surface area (Å²) in [5, 5.41) is 0. The Hall–Kier alpha value is -2.34. The van der Waals surface area contributed by atoms with E-state index in [0.717, 1.165) is 0 Å². The average Bonchev–Trinajstić information content (AvgIpc) is 2.73. The molecule has 0 spiro atoms. The first kappa shape index (κ1) is 24.7. The first-order valence-corrected chi connectivity index (χ1v) is 6.13. The molecule has 1 aliphatic rings. The highest BCUT2D eigenvalue weighted by molar-refractivity contribution is 5.02. The Morgan fingerprint density at radius 2 is 1.38 bits per heavy atom. The predicted octanol–water partition coefficient (Wildman–Crippen LogP) is 5.18. The SMILES string of the molecule is FC(F)=C(OCC(F)(F)OC(F)(F)C1(F)OC(=C(F)F)OC1(F)F)OC(F)(F)F. The molecule has 0 bridgehead atoms. The molecule has 0 amide bonds. The number of ether oxygens (including phenoxy) is 5. The van der Waals surface area contributed by atoms with Crippen molar-refractivity contribution in [1.29, 1.82) is 0 Å². The normalized spacial score (nSPS) is 21.9. The van der Waals surface area contributed by atoms with E-state index in [0.29, 0.717) is 0 Å². The fraction of sp³-hybridized carbons (Fsp3) is 0.600. The highest BCUT2D eigenvalue weighted by Gasteiger charge is 2.83. The monoisotopic (exact) mass is 468 g/mol. The van der Waals surface area contributed by atoms with Crippen LogP contribution in [0.2, 0.25) is 0 Å². The van der Waals surface area contributed by atoms with Crippen LogP contribution < -0.4 is 0 Å². The van der Waals surface area contributed by atoms with Crippen molar-refractivity contribution in [2.75, 3.05) is 6.61 Å². The largest absolute Gasteiger partial charge is 0.575 e. The van der Waals surface area contributed by atoms with Gasteiger partial charge in [0.2, 0.25) is 0 Å². The van der Waals surface area contributed by atoms with Gasteiger partial charge >= 0.3 is 54.6 Å². The maximum absolute atomic E-state index is 13.7. The highest BCUT2D eigenvalue weighted by atomic mass is 19.4. The minimum absolute atomic E-state index is 2.31. The Labute approximate surface area is 148 Å². The van der Waals surface area contributed by atoms with Gasteiger partial charge in [-0.3, -0.25) is 0 Å². The van der Waals surface area contributed by atoms with Gasteiger partial charge in [-0.2, -0.15) is 48.3 Å². The van der Waals surface area contributed by atoms with E-state index in [1.165, 1.54) is 0 Å². The number of halogens is 14. The van der Waals surface area contributed by atoms with Crippen molar-refractivity contribution in [3.05, 3.63) is 24.1 Å². The molecular weight excluding hydrogens is 466 g/mol. The number of rotatable bonds is 7. The first-order chi connectivity index (χ1) is 12.7. The van der Waals surface area contributed by atoms with Crippen molar-refractivity contribution >= 4 is 0 Å². The van der Waals surface area contributed by atoms with Crippen LogP contribution in [0.5, 0.6) is 0 Å². The Balaban J connectivity index is 3.02. The van der Waals surface area contributed by atoms with Gasteiger partial charge in [-0.05, 0) is 0 Å². The molecule has 0 aromatic heterocycles. The van der Waals surface area contributed by atoms with Crippen molar-refractivity contribution in [2.45, 2.75) is 30.5 Å². The van der Waals surface area contributed by atoms with Crippen LogP contribution in [0.25, 0.3) is 0 Å². The lowest BCUT2D eigenvalue weighted by molar-refractivity contribution is -0.478. The molecule has 0 aliphatic carbocycles. The zero-order valence-corrected chi connectivity index (χ0v) is 12.5. The van der Waals surface area contributed by atoms with E-state index in [2.05, 4.69) is 23.7 Å². The molecule has 0 radical (unpaired) electrons. The Morgan fingerprint density at radius 3 is 1.76 bits per heavy atom. The van der Waals surface area contributed by atoms with Crippen LogP contribution in [0.1, 0.15) is 0 Å². The third-order valence-electron chi connectivity index (χ3n) is 2.37. The van der Waals surface area contributed by atoms with E-state index < -0.39 is 61.2 Å². The minimum atomic E-state index is -6.57. The molecule has 0 saturated carbocycles. The Bertz CT molecular complexity index is 677. The molecule has 170 valence electrons. The van der Waals surface area contributed by atoms with Gasteiger partial charge in [0, 0.05) is 0 Å². The van der Waals surface area contributed by atoms with Crippen molar-refractivity contribution in [2.24, 2.45) is 0 Å². The standard InChI is InChI=1S/C10H2F14O5/c11-2(12)4(28-10(22,23)24)25-1-6(15,16)29-9(20,21)7(17)8(18,19)27-5(26-7)3(13)14/h1H2. The molecule has 1 rings (SSSR count). The third-order valence-corrected chi connectivity index (χ3v) is 2.37. The average molecular weight is 468 g/mol. The molecule has 29 heavy (non-hydrogen) atoms. The van der Waals surface area contributed by atoms with Gasteiger partial charge in [-0.15, -0.1) is 13.2 Å². The van der Waals surface area contributed by atoms with Crippen molar-refractivity contribution in [3.63, 3.8) is 0 Å². The van der Waals surface area contributed by atoms with Gasteiger partial charge in [-0.25, -0.2) is 4.74 Å². The van der Waals surface area contributed by atoms with Crippen LogP contribution in [0.15, 0.2) is 24.1 Å². The highest BCUT2D eigenvalue weighted by Crippen LogP contribution is 2.55. The molecule has 0 aromatic rings. The third kappa shape index (κ3) is 5.60. The fourth-order valence-corrected chi connectivity index (χ4v) is 1.36. The summed E-state index contributed by atoms with van der Waals surface area (Å²) in [6.07, 6.45) is -31.3. The van der Waals surface area contributed by atoms with E-state index in [9.17, 15) is 61.5 Å². The van der Waals surface area contributed by atoms with Crippen molar-refractivity contribution in [1.82, 2.24) is 0 Å². The smallest absolute Gasteiger partial charge is 0.452 e. The molecule has 0 N–H and O–H groups in total. The van der Waals surface area contributed by atoms with Gasteiger partial charge < -0.3 is 18.9 Å². The van der Waals surface area contributed by atoms with Gasteiger partial charge in [0.05, 0.1) is 0 Å². The lowest BCUT2D eigenvalue weighted by atomic mass is 10.2. The summed E-state index contributed by atoms with van der Waals surface area (Å²) in [5.74, 6) is -12.0. The maximum atomic E-state index is 13.7. The first-order valence-electron chi connectivity index (χ1n) is 6.13. The van der Waals surface area contributed by atoms with Crippen LogP contribution in [-0.4, -0.2) is 37.1 Å². The fourth-order valence-electron chi connectivity index (χ4n) is 1.36. The van der Waals surface area contributed by atoms with Crippen molar-refractivity contribution < 1.29 is 85.2 Å². The lowest BCUT2D eigenvalue weighted by Gasteiger charge is -2.31. The van der Waals surface area contributed by atoms with E-state index >= 15 is 0 Å². The Morgan fingerprint density at radius 1 is 0.862 bits per heavy atom. The van der Waals surface area contributed by atoms with Crippen LogP contribution in [0, 0.1) is 0 Å². The maximum Gasteiger partial charge on any atom is 0.575 e. The quantitative estimate of drug-likeness (QED) is 0.381. The second-order valence-corrected chi connectivity index (χ2v) is 4.50. The van der Waals surface area contributed by atoms with E-state index in [1.807, 2.05) is 0 Å². The van der Waals surface area contributed by atoms with Gasteiger partial charge in [0.25, 0.3) is 0 Å². The van der Waals surface area contributed by atoms with Crippen LogP contribution in [0.3, 0.4) is 0 Å². The zero-order chi connectivity index (χ0) is 23.1. The summed E-state index contributed by atoms with van der Waals surface area (Å²) in [6, 6.07) is 0. The predicted molar refractivity (Wildman–Crippen MR) is 53.5 cm³/mol. The second-order valence-electron chi connectivity index (χ2n) is 4.50. The molecular formula is C10H2F14O5. The van der Waals surface area contributed by atoms with Crippen LogP contribution in [0.4, 0.5) is 61.5 Å². The van der Waals surface area contributed by atoms with E-state index in [-0.39, 0.29) is 0 Å². The molecule has 1 unspecified atom stereocenters. The molecule has 1 heterocycles. The Kier molecular flexibility index (Phi) is 6.37. The molecule has 19 heteroatoms. The zero-order valence-electron chi connectivity index (χ0n) is 12.5. The molecule has 1 atom stereocenters. The summed E-state index contributed by atoms with van der Waals surface area (Å²) in [6.45, 7) is -3.01.